The summed E-state index contributed by atoms with van der Waals surface area (Å²) in [5.74, 6) is 1.36. The van der Waals surface area contributed by atoms with Crippen LogP contribution >= 0.6 is 0 Å². The standard InChI is InChI=1S/C23H22N4O/c1-15-9-12-27(13-10-15)23-25-21-20(22(28)26-23)19(8-11-24-21)18-7-6-16-4-2-3-5-17(16)14-18/h2-8,11,14-15H,9-10,12-13H2,1H3,(H,24,25,26,28). The number of hydrogen-bond acceptors (Lipinski definition) is 4. The number of fused-ring (bicyclic) bond motifs is 2. The fourth-order valence-electron chi connectivity index (χ4n) is 4.02. The van der Waals surface area contributed by atoms with E-state index in [1.165, 1.54) is 5.39 Å². The Morgan fingerprint density at radius 2 is 1.82 bits per heavy atom. The molecule has 0 saturated carbocycles. The monoisotopic (exact) mass is 370 g/mol. The fourth-order valence-corrected chi connectivity index (χ4v) is 4.02. The minimum absolute atomic E-state index is 0.130. The highest BCUT2D eigenvalue weighted by Gasteiger charge is 2.19. The second kappa shape index (κ2) is 6.75. The van der Waals surface area contributed by atoms with Gasteiger partial charge in [0, 0.05) is 19.3 Å². The van der Waals surface area contributed by atoms with Gasteiger partial charge in [0.1, 0.15) is 0 Å². The van der Waals surface area contributed by atoms with Gasteiger partial charge in [-0.3, -0.25) is 9.78 Å². The zero-order chi connectivity index (χ0) is 19.1. The first-order valence-electron chi connectivity index (χ1n) is 9.82. The van der Waals surface area contributed by atoms with Crippen LogP contribution < -0.4 is 10.5 Å². The van der Waals surface area contributed by atoms with E-state index in [1.807, 2.05) is 18.2 Å². The molecule has 5 nitrogen and oxygen atoms in total. The van der Waals surface area contributed by atoms with E-state index in [0.29, 0.717) is 17.0 Å². The third kappa shape index (κ3) is 2.93. The number of nitrogens with zero attached hydrogens (tertiary/aromatic N) is 3. The van der Waals surface area contributed by atoms with Crippen LogP contribution in [0.3, 0.4) is 0 Å². The van der Waals surface area contributed by atoms with Crippen LogP contribution in [0.1, 0.15) is 19.8 Å². The number of hydrogen-bond donors (Lipinski definition) is 1. The van der Waals surface area contributed by atoms with Crippen molar-refractivity contribution in [2.24, 2.45) is 5.92 Å². The highest BCUT2D eigenvalue weighted by Crippen LogP contribution is 2.28. The van der Waals surface area contributed by atoms with Crippen molar-refractivity contribution in [1.82, 2.24) is 15.0 Å². The molecule has 3 heterocycles. The number of pyridine rings is 1. The highest BCUT2D eigenvalue weighted by atomic mass is 16.1. The quantitative estimate of drug-likeness (QED) is 0.569. The van der Waals surface area contributed by atoms with Gasteiger partial charge in [0.25, 0.3) is 5.56 Å². The van der Waals surface area contributed by atoms with E-state index in [0.717, 1.165) is 48.4 Å². The van der Waals surface area contributed by atoms with Crippen molar-refractivity contribution >= 4 is 27.8 Å². The number of anilines is 1. The van der Waals surface area contributed by atoms with Gasteiger partial charge in [-0.1, -0.05) is 43.3 Å². The lowest BCUT2D eigenvalue weighted by Crippen LogP contribution is -2.35. The lowest BCUT2D eigenvalue weighted by atomic mass is 9.99. The lowest BCUT2D eigenvalue weighted by Gasteiger charge is -2.30. The minimum Gasteiger partial charge on any atom is -0.342 e. The summed E-state index contributed by atoms with van der Waals surface area (Å²) in [6.45, 7) is 4.10. The third-order valence-electron chi connectivity index (χ3n) is 5.74. The summed E-state index contributed by atoms with van der Waals surface area (Å²) >= 11 is 0. The molecule has 5 heteroatoms. The van der Waals surface area contributed by atoms with Gasteiger partial charge in [-0.05, 0) is 52.8 Å². The molecule has 1 fully saturated rings. The highest BCUT2D eigenvalue weighted by molar-refractivity contribution is 5.95. The van der Waals surface area contributed by atoms with Crippen molar-refractivity contribution in [3.8, 4) is 11.1 Å². The molecule has 0 bridgehead atoms. The molecule has 0 amide bonds. The third-order valence-corrected chi connectivity index (χ3v) is 5.74. The van der Waals surface area contributed by atoms with E-state index >= 15 is 0 Å². The molecule has 1 aliphatic rings. The second-order valence-corrected chi connectivity index (χ2v) is 7.68. The summed E-state index contributed by atoms with van der Waals surface area (Å²) in [5, 5.41) is 2.87. The van der Waals surface area contributed by atoms with E-state index in [-0.39, 0.29) is 5.56 Å². The predicted octanol–water partition coefficient (Wildman–Crippen LogP) is 4.37. The van der Waals surface area contributed by atoms with Crippen molar-refractivity contribution in [3.63, 3.8) is 0 Å². The number of aromatic amines is 1. The zero-order valence-electron chi connectivity index (χ0n) is 15.9. The smallest absolute Gasteiger partial charge is 0.262 e. The average molecular weight is 370 g/mol. The van der Waals surface area contributed by atoms with Crippen LogP contribution in [0.25, 0.3) is 32.9 Å². The normalized spacial score (nSPS) is 15.4. The summed E-state index contributed by atoms with van der Waals surface area (Å²) in [6.07, 6.45) is 3.97. The Kier molecular flexibility index (Phi) is 4.08. The second-order valence-electron chi connectivity index (χ2n) is 7.68. The van der Waals surface area contributed by atoms with Gasteiger partial charge >= 0.3 is 0 Å². The van der Waals surface area contributed by atoms with Crippen molar-refractivity contribution in [2.75, 3.05) is 18.0 Å². The average Bonchev–Trinajstić information content (AvgIpc) is 2.73. The van der Waals surface area contributed by atoms with Crippen molar-refractivity contribution in [2.45, 2.75) is 19.8 Å². The number of piperidine rings is 1. The van der Waals surface area contributed by atoms with Crippen LogP contribution in [0.4, 0.5) is 5.95 Å². The number of rotatable bonds is 2. The molecular weight excluding hydrogens is 348 g/mol. The summed E-state index contributed by atoms with van der Waals surface area (Å²) in [6, 6.07) is 16.4. The van der Waals surface area contributed by atoms with Gasteiger partial charge in [0.2, 0.25) is 5.95 Å². The molecule has 0 unspecified atom stereocenters. The SMILES string of the molecule is CC1CCN(c2nc3nccc(-c4ccc5ccccc5c4)c3c(=O)[nH]2)CC1. The number of aromatic nitrogens is 3. The van der Waals surface area contributed by atoms with Crippen molar-refractivity contribution in [1.29, 1.82) is 0 Å². The van der Waals surface area contributed by atoms with Gasteiger partial charge in [-0.25, -0.2) is 4.98 Å². The van der Waals surface area contributed by atoms with Crippen LogP contribution in [0.2, 0.25) is 0 Å². The molecule has 0 spiro atoms. The van der Waals surface area contributed by atoms with Crippen LogP contribution in [0.15, 0.2) is 59.5 Å². The Morgan fingerprint density at radius 3 is 2.64 bits per heavy atom. The summed E-state index contributed by atoms with van der Waals surface area (Å²) in [7, 11) is 0. The van der Waals surface area contributed by atoms with Gasteiger partial charge in [-0.15, -0.1) is 0 Å². The van der Waals surface area contributed by atoms with Gasteiger partial charge in [0.15, 0.2) is 5.65 Å². The molecule has 0 atom stereocenters. The van der Waals surface area contributed by atoms with E-state index in [9.17, 15) is 4.79 Å². The molecular formula is C23H22N4O. The van der Waals surface area contributed by atoms with E-state index < -0.39 is 0 Å². The number of H-pyrrole nitrogens is 1. The van der Waals surface area contributed by atoms with Crippen LogP contribution in [0.5, 0.6) is 0 Å². The van der Waals surface area contributed by atoms with Crippen LogP contribution in [0, 0.1) is 5.92 Å². The van der Waals surface area contributed by atoms with E-state index in [1.54, 1.807) is 6.20 Å². The zero-order valence-corrected chi connectivity index (χ0v) is 15.9. The van der Waals surface area contributed by atoms with Gasteiger partial charge in [0.05, 0.1) is 5.39 Å². The molecule has 0 radical (unpaired) electrons. The van der Waals surface area contributed by atoms with E-state index in [4.69, 9.17) is 4.98 Å². The number of benzene rings is 2. The molecule has 5 rings (SSSR count). The van der Waals surface area contributed by atoms with Crippen molar-refractivity contribution < 1.29 is 0 Å². The minimum atomic E-state index is -0.130. The molecule has 1 aliphatic heterocycles. The Labute approximate surface area is 163 Å². The maximum Gasteiger partial charge on any atom is 0.262 e. The molecule has 4 aromatic rings. The molecule has 2 aromatic heterocycles. The first-order chi connectivity index (χ1) is 13.7. The topological polar surface area (TPSA) is 61.9 Å². The molecule has 2 aromatic carbocycles. The van der Waals surface area contributed by atoms with Crippen LogP contribution in [-0.2, 0) is 0 Å². The van der Waals surface area contributed by atoms with Crippen LogP contribution in [-0.4, -0.2) is 28.0 Å². The molecule has 1 N–H and O–H groups in total. The maximum atomic E-state index is 13.0. The lowest BCUT2D eigenvalue weighted by molar-refractivity contribution is 0.434. The molecule has 0 aliphatic carbocycles. The largest absolute Gasteiger partial charge is 0.342 e. The summed E-state index contributed by atoms with van der Waals surface area (Å²) < 4.78 is 0. The Bertz CT molecular complexity index is 1220. The fraction of sp³-hybridized carbons (Fsp3) is 0.261. The molecule has 28 heavy (non-hydrogen) atoms. The first kappa shape index (κ1) is 16.9. The Hall–Kier alpha value is -3.21. The van der Waals surface area contributed by atoms with Gasteiger partial charge < -0.3 is 4.90 Å². The Balaban J connectivity index is 1.63. The predicted molar refractivity (Wildman–Crippen MR) is 114 cm³/mol. The maximum absolute atomic E-state index is 13.0. The molecule has 140 valence electrons. The number of nitrogens with one attached hydrogen (secondary N) is 1. The summed E-state index contributed by atoms with van der Waals surface area (Å²) in [5.41, 5.74) is 2.24. The van der Waals surface area contributed by atoms with Crippen molar-refractivity contribution in [3.05, 3.63) is 65.1 Å². The summed E-state index contributed by atoms with van der Waals surface area (Å²) in [4.78, 5) is 27.3. The van der Waals surface area contributed by atoms with E-state index in [2.05, 4.69) is 52.1 Å². The van der Waals surface area contributed by atoms with Gasteiger partial charge in [-0.2, -0.15) is 4.98 Å². The molecule has 1 saturated heterocycles. The first-order valence-corrected chi connectivity index (χ1v) is 9.82. The Morgan fingerprint density at radius 1 is 1.04 bits per heavy atom.